The van der Waals surface area contributed by atoms with Gasteiger partial charge in [0.25, 0.3) is 5.91 Å². The first-order valence-corrected chi connectivity index (χ1v) is 9.26. The zero-order valence-electron chi connectivity index (χ0n) is 15.2. The van der Waals surface area contributed by atoms with Crippen molar-refractivity contribution in [3.05, 3.63) is 64.6 Å². The van der Waals surface area contributed by atoms with Crippen LogP contribution in [0.2, 0.25) is 0 Å². The molecule has 29 heavy (non-hydrogen) atoms. The molecule has 148 valence electrons. The van der Waals surface area contributed by atoms with Crippen LogP contribution in [0.3, 0.4) is 0 Å². The van der Waals surface area contributed by atoms with Crippen LogP contribution in [0, 0.1) is 0 Å². The first kappa shape index (κ1) is 20.2. The van der Waals surface area contributed by atoms with Crippen LogP contribution in [-0.2, 0) is 9.59 Å². The Balaban J connectivity index is 1.81. The Bertz CT molecular complexity index is 1050. The molecule has 2 aromatic carbocycles. The molecular weight excluding hydrogens is 396 g/mol. The summed E-state index contributed by atoms with van der Waals surface area (Å²) >= 11 is 1.08. The Kier molecular flexibility index (Phi) is 5.99. The lowest BCUT2D eigenvalue weighted by molar-refractivity contribution is -0.144. The number of ether oxygens (including phenoxy) is 1. The highest BCUT2D eigenvalue weighted by atomic mass is 32.2. The van der Waals surface area contributed by atoms with Crippen molar-refractivity contribution in [2.24, 2.45) is 4.99 Å². The van der Waals surface area contributed by atoms with Gasteiger partial charge in [-0.25, -0.2) is 14.6 Å². The number of aromatic carboxylic acids is 1. The average molecular weight is 412 g/mol. The van der Waals surface area contributed by atoms with Crippen LogP contribution >= 0.6 is 11.8 Å². The number of aliphatic carboxylic acids is 1. The first-order valence-electron chi connectivity index (χ1n) is 8.45. The number of nitrogens with zero attached hydrogens (tertiary/aromatic N) is 1. The van der Waals surface area contributed by atoms with E-state index < -0.39 is 18.0 Å². The van der Waals surface area contributed by atoms with Gasteiger partial charge >= 0.3 is 11.9 Å². The molecule has 1 heterocycles. The Hall–Kier alpha value is -3.59. The van der Waals surface area contributed by atoms with Crippen molar-refractivity contribution in [1.82, 2.24) is 5.32 Å². The molecule has 0 aliphatic carbocycles. The molecule has 1 aliphatic heterocycles. The highest BCUT2D eigenvalue weighted by Gasteiger charge is 2.24. The van der Waals surface area contributed by atoms with Crippen molar-refractivity contribution in [2.45, 2.75) is 13.0 Å². The number of benzene rings is 2. The summed E-state index contributed by atoms with van der Waals surface area (Å²) in [5.41, 5.74) is 0.914. The molecule has 8 nitrogen and oxygen atoms in total. The van der Waals surface area contributed by atoms with Gasteiger partial charge in [-0.3, -0.25) is 4.79 Å². The normalized spacial score (nSPS) is 17.2. The summed E-state index contributed by atoms with van der Waals surface area (Å²) < 4.78 is 5.33. The van der Waals surface area contributed by atoms with Crippen LogP contribution < -0.4 is 10.1 Å². The van der Waals surface area contributed by atoms with E-state index in [0.29, 0.717) is 16.2 Å². The third kappa shape index (κ3) is 5.02. The Morgan fingerprint density at radius 2 is 1.93 bits per heavy atom. The second-order valence-electron chi connectivity index (χ2n) is 5.97. The molecule has 0 radical (unpaired) electrons. The van der Waals surface area contributed by atoms with Crippen LogP contribution in [0.25, 0.3) is 6.08 Å². The molecule has 0 aromatic heterocycles. The molecule has 0 bridgehead atoms. The summed E-state index contributed by atoms with van der Waals surface area (Å²) in [6.45, 7) is 1.42. The number of carboxylic acid groups (broad SMARTS) is 2. The van der Waals surface area contributed by atoms with Gasteiger partial charge < -0.3 is 20.3 Å². The van der Waals surface area contributed by atoms with Gasteiger partial charge in [0.15, 0.2) is 11.3 Å². The number of aliphatic imine (C=N–C) groups is 1. The van der Waals surface area contributed by atoms with Crippen molar-refractivity contribution in [3.8, 4) is 5.75 Å². The predicted molar refractivity (Wildman–Crippen MR) is 108 cm³/mol. The summed E-state index contributed by atoms with van der Waals surface area (Å²) in [5, 5.41) is 21.0. The Labute approximate surface area is 169 Å². The number of para-hydroxylation sites is 1. The van der Waals surface area contributed by atoms with Gasteiger partial charge in [0.2, 0.25) is 0 Å². The molecule has 1 atom stereocenters. The van der Waals surface area contributed by atoms with Crippen molar-refractivity contribution < 1.29 is 29.3 Å². The maximum Gasteiger partial charge on any atom is 0.344 e. The number of amidine groups is 1. The Morgan fingerprint density at radius 3 is 2.66 bits per heavy atom. The summed E-state index contributed by atoms with van der Waals surface area (Å²) in [7, 11) is 0. The molecule has 9 heteroatoms. The van der Waals surface area contributed by atoms with Gasteiger partial charge in [0.05, 0.1) is 16.2 Å². The minimum absolute atomic E-state index is 0.0321. The molecule has 0 spiro atoms. The van der Waals surface area contributed by atoms with E-state index in [-0.39, 0.29) is 22.3 Å². The third-order valence-electron chi connectivity index (χ3n) is 3.82. The number of rotatable bonds is 6. The second-order valence-corrected chi connectivity index (χ2v) is 7.01. The van der Waals surface area contributed by atoms with E-state index in [1.807, 2.05) is 0 Å². The van der Waals surface area contributed by atoms with Crippen LogP contribution in [0.1, 0.15) is 22.8 Å². The lowest BCUT2D eigenvalue weighted by Crippen LogP contribution is -2.22. The first-order chi connectivity index (χ1) is 13.8. The summed E-state index contributed by atoms with van der Waals surface area (Å²) in [6, 6.07) is 12.9. The highest BCUT2D eigenvalue weighted by molar-refractivity contribution is 8.18. The number of hydrogen-bond donors (Lipinski definition) is 3. The molecule has 0 saturated carbocycles. The SMILES string of the molecule is CC(Oc1cccc(/C=C2\SC(=Nc3ccccc3C(=O)O)NC2=O)c1)C(=O)O. The molecular formula is C20H16N2O6S. The van der Waals surface area contributed by atoms with Crippen LogP contribution in [0.5, 0.6) is 5.75 Å². The molecule has 1 unspecified atom stereocenters. The Morgan fingerprint density at radius 1 is 1.17 bits per heavy atom. The summed E-state index contributed by atoms with van der Waals surface area (Å²) in [4.78, 5) is 39.1. The fourth-order valence-corrected chi connectivity index (χ4v) is 3.26. The lowest BCUT2D eigenvalue weighted by Gasteiger charge is -2.10. The number of thioether (sulfide) groups is 1. The number of amides is 1. The fourth-order valence-electron chi connectivity index (χ4n) is 2.43. The number of carbonyl (C=O) groups excluding carboxylic acids is 1. The van der Waals surface area contributed by atoms with Crippen molar-refractivity contribution in [3.63, 3.8) is 0 Å². The van der Waals surface area contributed by atoms with E-state index in [4.69, 9.17) is 9.84 Å². The van der Waals surface area contributed by atoms with E-state index >= 15 is 0 Å². The lowest BCUT2D eigenvalue weighted by atomic mass is 10.2. The maximum absolute atomic E-state index is 12.2. The van der Waals surface area contributed by atoms with Gasteiger partial charge in [0.1, 0.15) is 5.75 Å². The van der Waals surface area contributed by atoms with Crippen molar-refractivity contribution in [1.29, 1.82) is 0 Å². The summed E-state index contributed by atoms with van der Waals surface area (Å²) in [5.74, 6) is -2.20. The van der Waals surface area contributed by atoms with E-state index in [2.05, 4.69) is 10.3 Å². The molecule has 1 fully saturated rings. The van der Waals surface area contributed by atoms with Gasteiger partial charge in [-0.2, -0.15) is 0 Å². The summed E-state index contributed by atoms with van der Waals surface area (Å²) in [6.07, 6.45) is 0.610. The molecule has 3 rings (SSSR count). The number of carboxylic acids is 2. The highest BCUT2D eigenvalue weighted by Crippen LogP contribution is 2.30. The van der Waals surface area contributed by atoms with Crippen molar-refractivity contribution >= 4 is 46.5 Å². The number of nitrogens with one attached hydrogen (secondary N) is 1. The molecule has 1 amide bonds. The number of hydrogen-bond acceptors (Lipinski definition) is 6. The van der Waals surface area contributed by atoms with Crippen LogP contribution in [0.4, 0.5) is 5.69 Å². The predicted octanol–water partition coefficient (Wildman–Crippen LogP) is 3.13. The van der Waals surface area contributed by atoms with Gasteiger partial charge in [-0.05, 0) is 54.6 Å². The van der Waals surface area contributed by atoms with Crippen LogP contribution in [-0.4, -0.2) is 39.3 Å². The third-order valence-corrected chi connectivity index (χ3v) is 4.73. The zero-order chi connectivity index (χ0) is 21.0. The topological polar surface area (TPSA) is 125 Å². The average Bonchev–Trinajstić information content (AvgIpc) is 3.01. The van der Waals surface area contributed by atoms with Crippen LogP contribution in [0.15, 0.2) is 58.4 Å². The van der Waals surface area contributed by atoms with E-state index in [1.54, 1.807) is 48.5 Å². The minimum atomic E-state index is -1.11. The fraction of sp³-hybridized carbons (Fsp3) is 0.100. The maximum atomic E-state index is 12.2. The van der Waals surface area contributed by atoms with Gasteiger partial charge in [-0.1, -0.05) is 24.3 Å². The van der Waals surface area contributed by atoms with Gasteiger partial charge in [0, 0.05) is 0 Å². The molecule has 1 saturated heterocycles. The van der Waals surface area contributed by atoms with E-state index in [9.17, 15) is 19.5 Å². The molecule has 3 N–H and O–H groups in total. The molecule has 1 aliphatic rings. The largest absolute Gasteiger partial charge is 0.479 e. The van der Waals surface area contributed by atoms with E-state index in [0.717, 1.165) is 11.8 Å². The van der Waals surface area contributed by atoms with Gasteiger partial charge in [-0.15, -0.1) is 0 Å². The quantitative estimate of drug-likeness (QED) is 0.623. The number of carbonyl (C=O) groups is 3. The smallest absolute Gasteiger partial charge is 0.344 e. The second kappa shape index (κ2) is 8.61. The minimum Gasteiger partial charge on any atom is -0.479 e. The zero-order valence-corrected chi connectivity index (χ0v) is 16.0. The monoisotopic (exact) mass is 412 g/mol. The van der Waals surface area contributed by atoms with Crippen molar-refractivity contribution in [2.75, 3.05) is 0 Å². The standard InChI is InChI=1S/C20H16N2O6S/c1-11(18(24)25)28-13-6-4-5-12(9-13)10-16-17(23)22-20(29-16)21-15-8-3-2-7-14(15)19(26)27/h2-11H,1H3,(H,24,25)(H,26,27)(H,21,22,23)/b16-10-. The molecule has 2 aromatic rings. The van der Waals surface area contributed by atoms with E-state index in [1.165, 1.54) is 13.0 Å².